The van der Waals surface area contributed by atoms with E-state index in [4.69, 9.17) is 9.47 Å². The van der Waals surface area contributed by atoms with Gasteiger partial charge in [-0.15, -0.1) is 0 Å². The predicted octanol–water partition coefficient (Wildman–Crippen LogP) is 1.77. The molecule has 4 amide bonds. The van der Waals surface area contributed by atoms with E-state index in [9.17, 15) is 14.4 Å². The molecule has 0 aromatic heterocycles. The maximum Gasteiger partial charge on any atom is 0.328 e. The molecule has 1 aromatic rings. The third kappa shape index (κ3) is 3.78. The molecule has 1 fully saturated rings. The van der Waals surface area contributed by atoms with Crippen molar-refractivity contribution in [2.24, 2.45) is 0 Å². The Bertz CT molecular complexity index is 705. The second-order valence-corrected chi connectivity index (χ2v) is 5.28. The van der Waals surface area contributed by atoms with Crippen molar-refractivity contribution in [1.29, 1.82) is 0 Å². The zero-order valence-corrected chi connectivity index (χ0v) is 13.7. The smallest absolute Gasteiger partial charge is 0.328 e. The normalized spacial score (nSPS) is 14.0. The summed E-state index contributed by atoms with van der Waals surface area (Å²) in [4.78, 5) is 34.5. The SMILES string of the molecule is C=CCOc1c(Br)cc(C=C2C(=O)NC(=O)NC2=O)cc1OC. The minimum Gasteiger partial charge on any atom is -0.493 e. The fourth-order valence-electron chi connectivity index (χ4n) is 1.88. The molecule has 1 aromatic carbocycles. The van der Waals surface area contributed by atoms with Crippen molar-refractivity contribution >= 4 is 39.9 Å². The number of barbiturate groups is 1. The first-order valence-electron chi connectivity index (χ1n) is 6.46. The number of hydrogen-bond donors (Lipinski definition) is 2. The van der Waals surface area contributed by atoms with Crippen LogP contribution in [0.1, 0.15) is 5.56 Å². The van der Waals surface area contributed by atoms with E-state index in [2.05, 4.69) is 22.5 Å². The van der Waals surface area contributed by atoms with Gasteiger partial charge in [-0.05, 0) is 39.7 Å². The number of carbonyl (C=O) groups is 3. The van der Waals surface area contributed by atoms with Crippen LogP contribution >= 0.6 is 15.9 Å². The van der Waals surface area contributed by atoms with Crippen molar-refractivity contribution in [3.8, 4) is 11.5 Å². The van der Waals surface area contributed by atoms with Crippen LogP contribution < -0.4 is 20.1 Å². The van der Waals surface area contributed by atoms with Crippen LogP contribution in [0.25, 0.3) is 6.08 Å². The van der Waals surface area contributed by atoms with Crippen LogP contribution in [0.4, 0.5) is 4.79 Å². The molecule has 2 N–H and O–H groups in total. The summed E-state index contributed by atoms with van der Waals surface area (Å²) in [5.41, 5.74) is 0.340. The van der Waals surface area contributed by atoms with Crippen molar-refractivity contribution in [3.05, 3.63) is 40.4 Å². The van der Waals surface area contributed by atoms with E-state index >= 15 is 0 Å². The van der Waals surface area contributed by atoms with E-state index in [1.54, 1.807) is 18.2 Å². The van der Waals surface area contributed by atoms with Gasteiger partial charge in [0.05, 0.1) is 11.6 Å². The first kappa shape index (κ1) is 16.8. The summed E-state index contributed by atoms with van der Waals surface area (Å²) in [6.07, 6.45) is 2.94. The van der Waals surface area contributed by atoms with Crippen LogP contribution in [0, 0.1) is 0 Å². The lowest BCUT2D eigenvalue weighted by Crippen LogP contribution is -2.51. The number of benzene rings is 1. The van der Waals surface area contributed by atoms with E-state index in [1.807, 2.05) is 10.6 Å². The fraction of sp³-hybridized carbons (Fsp3) is 0.133. The van der Waals surface area contributed by atoms with Crippen molar-refractivity contribution in [2.45, 2.75) is 0 Å². The molecule has 2 rings (SSSR count). The van der Waals surface area contributed by atoms with Crippen LogP contribution in [0.15, 0.2) is 34.8 Å². The van der Waals surface area contributed by atoms with E-state index in [0.717, 1.165) is 0 Å². The average molecular weight is 381 g/mol. The number of amides is 4. The molecule has 120 valence electrons. The van der Waals surface area contributed by atoms with E-state index < -0.39 is 17.8 Å². The third-order valence-electron chi connectivity index (χ3n) is 2.85. The summed E-state index contributed by atoms with van der Waals surface area (Å²) in [5, 5.41) is 4.01. The zero-order valence-electron chi connectivity index (χ0n) is 12.1. The van der Waals surface area contributed by atoms with Crippen molar-refractivity contribution in [3.63, 3.8) is 0 Å². The third-order valence-corrected chi connectivity index (χ3v) is 3.44. The Kier molecular flexibility index (Phi) is 5.17. The van der Waals surface area contributed by atoms with Gasteiger partial charge < -0.3 is 9.47 Å². The molecular formula is C15H13BrN2O5. The summed E-state index contributed by atoms with van der Waals surface area (Å²) in [7, 11) is 1.47. The maximum absolute atomic E-state index is 11.7. The second-order valence-electron chi connectivity index (χ2n) is 4.43. The Hall–Kier alpha value is -2.61. The number of rotatable bonds is 5. The molecule has 0 aliphatic carbocycles. The second kappa shape index (κ2) is 7.10. The number of ether oxygens (including phenoxy) is 2. The Morgan fingerprint density at radius 3 is 2.43 bits per heavy atom. The number of imide groups is 2. The van der Waals surface area contributed by atoms with Crippen LogP contribution in [0.5, 0.6) is 11.5 Å². The highest BCUT2D eigenvalue weighted by Gasteiger charge is 2.27. The van der Waals surface area contributed by atoms with Gasteiger partial charge in [0.1, 0.15) is 12.2 Å². The lowest BCUT2D eigenvalue weighted by molar-refractivity contribution is -0.123. The van der Waals surface area contributed by atoms with Gasteiger partial charge in [0.15, 0.2) is 11.5 Å². The molecule has 7 nitrogen and oxygen atoms in total. The molecule has 8 heteroatoms. The van der Waals surface area contributed by atoms with Crippen LogP contribution in [-0.4, -0.2) is 31.6 Å². The monoisotopic (exact) mass is 380 g/mol. The molecule has 1 aliphatic heterocycles. The van der Waals surface area contributed by atoms with Gasteiger partial charge in [-0.25, -0.2) is 4.79 Å². The molecule has 23 heavy (non-hydrogen) atoms. The number of urea groups is 1. The van der Waals surface area contributed by atoms with Gasteiger partial charge >= 0.3 is 6.03 Å². The molecule has 0 bridgehead atoms. The number of methoxy groups -OCH3 is 1. The highest BCUT2D eigenvalue weighted by atomic mass is 79.9. The topological polar surface area (TPSA) is 93.7 Å². The van der Waals surface area contributed by atoms with Gasteiger partial charge in [0.25, 0.3) is 11.8 Å². The van der Waals surface area contributed by atoms with Crippen molar-refractivity contribution in [1.82, 2.24) is 10.6 Å². The average Bonchev–Trinajstić information content (AvgIpc) is 2.49. The highest BCUT2D eigenvalue weighted by Crippen LogP contribution is 2.37. The Morgan fingerprint density at radius 2 is 1.87 bits per heavy atom. The van der Waals surface area contributed by atoms with Crippen molar-refractivity contribution in [2.75, 3.05) is 13.7 Å². The zero-order chi connectivity index (χ0) is 17.0. The first-order chi connectivity index (χ1) is 11.0. The quantitative estimate of drug-likeness (QED) is 0.461. The first-order valence-corrected chi connectivity index (χ1v) is 7.25. The van der Waals surface area contributed by atoms with E-state index in [0.29, 0.717) is 28.1 Å². The number of carbonyl (C=O) groups excluding carboxylic acids is 3. The standard InChI is InChI=1S/C15H13BrN2O5/c1-3-4-23-12-10(16)6-8(7-11(12)22-2)5-9-13(19)17-15(21)18-14(9)20/h3,5-7H,1,4H2,2H3,(H2,17,18,19,20,21). The van der Waals surface area contributed by atoms with Crippen LogP contribution in [0.2, 0.25) is 0 Å². The largest absolute Gasteiger partial charge is 0.493 e. The molecule has 1 heterocycles. The summed E-state index contributed by atoms with van der Waals surface area (Å²) >= 11 is 3.35. The minimum absolute atomic E-state index is 0.182. The number of nitrogens with one attached hydrogen (secondary N) is 2. The Labute approximate surface area is 140 Å². The molecule has 1 saturated heterocycles. The molecule has 0 radical (unpaired) electrons. The van der Waals surface area contributed by atoms with Crippen LogP contribution in [-0.2, 0) is 9.59 Å². The fourth-order valence-corrected chi connectivity index (χ4v) is 2.45. The highest BCUT2D eigenvalue weighted by molar-refractivity contribution is 9.10. The maximum atomic E-state index is 11.7. The summed E-state index contributed by atoms with van der Waals surface area (Å²) in [5.74, 6) is -0.635. The van der Waals surface area contributed by atoms with Gasteiger partial charge in [-0.3, -0.25) is 20.2 Å². The van der Waals surface area contributed by atoms with Gasteiger partial charge in [-0.1, -0.05) is 12.7 Å². The van der Waals surface area contributed by atoms with E-state index in [1.165, 1.54) is 13.2 Å². The number of halogens is 1. The summed E-state index contributed by atoms with van der Waals surface area (Å²) in [6, 6.07) is 2.42. The lowest BCUT2D eigenvalue weighted by atomic mass is 10.1. The lowest BCUT2D eigenvalue weighted by Gasteiger charge is -2.15. The molecule has 0 atom stereocenters. The van der Waals surface area contributed by atoms with Crippen LogP contribution in [0.3, 0.4) is 0 Å². The predicted molar refractivity (Wildman–Crippen MR) is 86.0 cm³/mol. The van der Waals surface area contributed by atoms with Crippen molar-refractivity contribution < 1.29 is 23.9 Å². The van der Waals surface area contributed by atoms with E-state index in [-0.39, 0.29) is 5.57 Å². The number of hydrogen-bond acceptors (Lipinski definition) is 5. The molecule has 0 saturated carbocycles. The minimum atomic E-state index is -0.843. The van der Waals surface area contributed by atoms with Gasteiger partial charge in [0.2, 0.25) is 0 Å². The Morgan fingerprint density at radius 1 is 1.22 bits per heavy atom. The molecule has 0 spiro atoms. The molecule has 1 aliphatic rings. The van der Waals surface area contributed by atoms with Gasteiger partial charge in [-0.2, -0.15) is 0 Å². The summed E-state index contributed by atoms with van der Waals surface area (Å²) in [6.45, 7) is 3.87. The Balaban J connectivity index is 2.40. The van der Waals surface area contributed by atoms with Gasteiger partial charge in [0, 0.05) is 0 Å². The summed E-state index contributed by atoms with van der Waals surface area (Å²) < 4.78 is 11.3. The molecular weight excluding hydrogens is 368 g/mol. The molecule has 0 unspecified atom stereocenters.